The number of benzene rings is 2. The Balaban J connectivity index is 1.80. The second kappa shape index (κ2) is 7.82. The molecule has 0 aromatic heterocycles. The van der Waals surface area contributed by atoms with Gasteiger partial charge in [0.05, 0.1) is 18.7 Å². The van der Waals surface area contributed by atoms with Crippen LogP contribution in [0.15, 0.2) is 36.4 Å². The summed E-state index contributed by atoms with van der Waals surface area (Å²) in [6.45, 7) is 6.38. The molecule has 2 aromatic carbocycles. The van der Waals surface area contributed by atoms with Gasteiger partial charge in [0.1, 0.15) is 5.75 Å². The van der Waals surface area contributed by atoms with Crippen molar-refractivity contribution in [3.8, 4) is 5.75 Å². The second-order valence-electron chi connectivity index (χ2n) is 7.03. The summed E-state index contributed by atoms with van der Waals surface area (Å²) in [6.07, 6.45) is 1.05. The van der Waals surface area contributed by atoms with Crippen LogP contribution in [-0.2, 0) is 16.0 Å². The minimum absolute atomic E-state index is 0.0560. The van der Waals surface area contributed by atoms with Crippen molar-refractivity contribution in [3.05, 3.63) is 53.1 Å². The molecule has 27 heavy (non-hydrogen) atoms. The number of hydrogen-bond acceptors (Lipinski definition) is 3. The lowest BCUT2D eigenvalue weighted by molar-refractivity contribution is -0.122. The largest absolute Gasteiger partial charge is 0.495 e. The Hall–Kier alpha value is -2.82. The number of carbonyl (C=O) groups is 2. The Kier molecular flexibility index (Phi) is 5.49. The molecule has 3 rings (SSSR count). The molecule has 0 bridgehead atoms. The Morgan fingerprint density at radius 2 is 2.04 bits per heavy atom. The molecule has 1 N–H and O–H groups in total. The zero-order chi connectivity index (χ0) is 19.6. The molecule has 2 aromatic rings. The fourth-order valence-electron chi connectivity index (χ4n) is 3.55. The molecule has 5 nitrogen and oxygen atoms in total. The minimum atomic E-state index is -0.382. The van der Waals surface area contributed by atoms with Crippen LogP contribution in [0.1, 0.15) is 30.0 Å². The predicted molar refractivity (Wildman–Crippen MR) is 107 cm³/mol. The number of ether oxygens (including phenoxy) is 1. The molecule has 2 amide bonds. The highest BCUT2D eigenvalue weighted by Crippen LogP contribution is 2.34. The first-order chi connectivity index (χ1) is 12.9. The van der Waals surface area contributed by atoms with E-state index in [1.54, 1.807) is 12.0 Å². The first-order valence-corrected chi connectivity index (χ1v) is 9.29. The summed E-state index contributed by atoms with van der Waals surface area (Å²) in [4.78, 5) is 27.1. The number of rotatable bonds is 5. The van der Waals surface area contributed by atoms with Gasteiger partial charge in [-0.3, -0.25) is 9.59 Å². The van der Waals surface area contributed by atoms with Crippen LogP contribution in [0.5, 0.6) is 5.75 Å². The van der Waals surface area contributed by atoms with Crippen molar-refractivity contribution in [1.82, 2.24) is 0 Å². The van der Waals surface area contributed by atoms with Gasteiger partial charge in [-0.25, -0.2) is 0 Å². The molecule has 1 saturated heterocycles. The third-order valence-electron chi connectivity index (χ3n) is 5.11. The smallest absolute Gasteiger partial charge is 0.229 e. The molecule has 1 fully saturated rings. The van der Waals surface area contributed by atoms with Crippen LogP contribution in [0.25, 0.3) is 0 Å². The maximum atomic E-state index is 12.9. The first-order valence-electron chi connectivity index (χ1n) is 9.29. The number of aryl methyl sites for hydroxylation is 3. The van der Waals surface area contributed by atoms with Gasteiger partial charge in [0.25, 0.3) is 0 Å². The molecule has 0 saturated carbocycles. The normalized spacial score (nSPS) is 16.5. The zero-order valence-electron chi connectivity index (χ0n) is 16.3. The molecule has 1 aliphatic heterocycles. The molecule has 0 radical (unpaired) electrons. The van der Waals surface area contributed by atoms with Gasteiger partial charge < -0.3 is 15.0 Å². The van der Waals surface area contributed by atoms with E-state index in [1.807, 2.05) is 50.2 Å². The summed E-state index contributed by atoms with van der Waals surface area (Å²) >= 11 is 0. The molecular formula is C22H26N2O3. The van der Waals surface area contributed by atoms with E-state index in [2.05, 4.69) is 12.2 Å². The van der Waals surface area contributed by atoms with Crippen molar-refractivity contribution >= 4 is 23.2 Å². The molecule has 0 aliphatic carbocycles. The van der Waals surface area contributed by atoms with Gasteiger partial charge in [-0.2, -0.15) is 0 Å². The van der Waals surface area contributed by atoms with E-state index in [0.29, 0.717) is 12.3 Å². The highest BCUT2D eigenvalue weighted by atomic mass is 16.5. The number of anilines is 2. The van der Waals surface area contributed by atoms with Gasteiger partial charge in [-0.15, -0.1) is 0 Å². The fourth-order valence-corrected chi connectivity index (χ4v) is 3.55. The van der Waals surface area contributed by atoms with Crippen LogP contribution in [0.2, 0.25) is 0 Å². The lowest BCUT2D eigenvalue weighted by Crippen LogP contribution is -2.28. The van der Waals surface area contributed by atoms with Gasteiger partial charge in [0.15, 0.2) is 0 Å². The molecule has 1 heterocycles. The number of amides is 2. The topological polar surface area (TPSA) is 58.6 Å². The first kappa shape index (κ1) is 19.0. The minimum Gasteiger partial charge on any atom is -0.495 e. The van der Waals surface area contributed by atoms with Crippen molar-refractivity contribution in [1.29, 1.82) is 0 Å². The summed E-state index contributed by atoms with van der Waals surface area (Å²) in [5, 5.41) is 3.06. The SMILES string of the molecule is CCc1cccc(C)c1NC(=O)C1CC(=O)N(c2cc(C)ccc2OC)C1. The van der Waals surface area contributed by atoms with E-state index >= 15 is 0 Å². The van der Waals surface area contributed by atoms with Crippen molar-refractivity contribution in [2.24, 2.45) is 5.92 Å². The van der Waals surface area contributed by atoms with Crippen molar-refractivity contribution in [2.45, 2.75) is 33.6 Å². The fraction of sp³-hybridized carbons (Fsp3) is 0.364. The van der Waals surface area contributed by atoms with Crippen molar-refractivity contribution < 1.29 is 14.3 Å². The van der Waals surface area contributed by atoms with Gasteiger partial charge in [-0.1, -0.05) is 31.2 Å². The number of methoxy groups -OCH3 is 1. The van der Waals surface area contributed by atoms with Crippen molar-refractivity contribution in [3.63, 3.8) is 0 Å². The van der Waals surface area contributed by atoms with Crippen LogP contribution in [0.3, 0.4) is 0 Å². The standard InChI is InChI=1S/C22H26N2O3/c1-5-16-8-6-7-15(3)21(16)23-22(26)17-12-20(25)24(13-17)18-11-14(2)9-10-19(18)27-4/h6-11,17H,5,12-13H2,1-4H3,(H,23,26). The number of nitrogens with one attached hydrogen (secondary N) is 1. The Bertz CT molecular complexity index is 876. The summed E-state index contributed by atoms with van der Waals surface area (Å²) in [7, 11) is 1.59. The van der Waals surface area contributed by atoms with Crippen LogP contribution >= 0.6 is 0 Å². The van der Waals surface area contributed by atoms with E-state index in [-0.39, 0.29) is 24.2 Å². The van der Waals surface area contributed by atoms with Gasteiger partial charge in [0.2, 0.25) is 11.8 Å². The highest BCUT2D eigenvalue weighted by Gasteiger charge is 2.36. The van der Waals surface area contributed by atoms with Crippen LogP contribution < -0.4 is 15.0 Å². The molecule has 1 aliphatic rings. The zero-order valence-corrected chi connectivity index (χ0v) is 16.3. The lowest BCUT2D eigenvalue weighted by Gasteiger charge is -2.20. The second-order valence-corrected chi connectivity index (χ2v) is 7.03. The predicted octanol–water partition coefficient (Wildman–Crippen LogP) is 3.87. The number of hydrogen-bond donors (Lipinski definition) is 1. The Morgan fingerprint density at radius 1 is 1.26 bits per heavy atom. The third-order valence-corrected chi connectivity index (χ3v) is 5.11. The summed E-state index contributed by atoms with van der Waals surface area (Å²) in [5.74, 6) is 0.0928. The lowest BCUT2D eigenvalue weighted by atomic mass is 10.0. The van der Waals surface area contributed by atoms with Crippen LogP contribution in [0, 0.1) is 19.8 Å². The highest BCUT2D eigenvalue weighted by molar-refractivity contribution is 6.04. The van der Waals surface area contributed by atoms with Crippen LogP contribution in [-0.4, -0.2) is 25.5 Å². The molecule has 0 spiro atoms. The van der Waals surface area contributed by atoms with E-state index in [4.69, 9.17) is 4.74 Å². The Labute approximate surface area is 160 Å². The van der Waals surface area contributed by atoms with Gasteiger partial charge in [0, 0.05) is 18.7 Å². The number of para-hydroxylation sites is 1. The van der Waals surface area contributed by atoms with Crippen LogP contribution in [0.4, 0.5) is 11.4 Å². The summed E-state index contributed by atoms with van der Waals surface area (Å²) in [5.41, 5.74) is 4.76. The monoisotopic (exact) mass is 366 g/mol. The molecule has 5 heteroatoms. The maximum Gasteiger partial charge on any atom is 0.229 e. The number of carbonyl (C=O) groups excluding carboxylic acids is 2. The summed E-state index contributed by atoms with van der Waals surface area (Å²) in [6, 6.07) is 11.7. The summed E-state index contributed by atoms with van der Waals surface area (Å²) < 4.78 is 5.40. The quantitative estimate of drug-likeness (QED) is 0.874. The average molecular weight is 366 g/mol. The van der Waals surface area contributed by atoms with Gasteiger partial charge in [-0.05, 0) is 49.1 Å². The molecule has 142 valence electrons. The van der Waals surface area contributed by atoms with E-state index < -0.39 is 0 Å². The van der Waals surface area contributed by atoms with Gasteiger partial charge >= 0.3 is 0 Å². The average Bonchev–Trinajstić information content (AvgIpc) is 3.05. The van der Waals surface area contributed by atoms with E-state index in [1.165, 1.54) is 0 Å². The molecule has 1 unspecified atom stereocenters. The third kappa shape index (κ3) is 3.82. The maximum absolute atomic E-state index is 12.9. The molecular weight excluding hydrogens is 340 g/mol. The number of nitrogens with zero attached hydrogens (tertiary/aromatic N) is 1. The Morgan fingerprint density at radius 3 is 2.74 bits per heavy atom. The van der Waals surface area contributed by atoms with E-state index in [9.17, 15) is 9.59 Å². The molecule has 1 atom stereocenters. The van der Waals surface area contributed by atoms with E-state index in [0.717, 1.165) is 34.5 Å². The van der Waals surface area contributed by atoms with Crippen molar-refractivity contribution in [2.75, 3.05) is 23.9 Å².